The molecule has 1 aromatic heterocycles. The number of aromatic nitrogens is 2. The van der Waals surface area contributed by atoms with Gasteiger partial charge in [-0.3, -0.25) is 0 Å². The van der Waals surface area contributed by atoms with Crippen molar-refractivity contribution in [1.29, 1.82) is 0 Å². The van der Waals surface area contributed by atoms with Gasteiger partial charge in [0.2, 0.25) is 5.13 Å². The highest BCUT2D eigenvalue weighted by atomic mass is 32.1. The van der Waals surface area contributed by atoms with Crippen LogP contribution in [0.5, 0.6) is 0 Å². The Balaban J connectivity index is 1.84. The molecule has 1 N–H and O–H groups in total. The molecule has 4 heteroatoms. The minimum absolute atomic E-state index is 0.476. The highest BCUT2D eigenvalue weighted by Crippen LogP contribution is 2.35. The third-order valence-electron chi connectivity index (χ3n) is 3.09. The first-order chi connectivity index (χ1) is 6.79. The Kier molecular flexibility index (Phi) is 3.01. The number of anilines is 1. The van der Waals surface area contributed by atoms with Crippen molar-refractivity contribution in [2.24, 2.45) is 5.41 Å². The largest absolute Gasteiger partial charge is 0.360 e. The molecule has 1 aliphatic carbocycles. The Hall–Kier alpha value is -0.640. The summed E-state index contributed by atoms with van der Waals surface area (Å²) in [7, 11) is 0. The van der Waals surface area contributed by atoms with Crippen LogP contribution < -0.4 is 5.32 Å². The van der Waals surface area contributed by atoms with Crippen LogP contribution in [0.1, 0.15) is 39.0 Å². The van der Waals surface area contributed by atoms with Gasteiger partial charge in [-0.25, -0.2) is 4.98 Å². The lowest BCUT2D eigenvalue weighted by Crippen LogP contribution is -2.28. The van der Waals surface area contributed by atoms with Gasteiger partial charge in [-0.05, 0) is 18.3 Å². The van der Waals surface area contributed by atoms with Crippen LogP contribution in [-0.4, -0.2) is 15.9 Å². The summed E-state index contributed by atoms with van der Waals surface area (Å²) in [6, 6.07) is 0. The fraction of sp³-hybridized carbons (Fsp3) is 0.800. The summed E-state index contributed by atoms with van der Waals surface area (Å²) in [6.07, 6.45) is 8.48. The fourth-order valence-electron chi connectivity index (χ4n) is 2.12. The van der Waals surface area contributed by atoms with Crippen molar-refractivity contribution >= 4 is 16.7 Å². The Morgan fingerprint density at radius 3 is 2.86 bits per heavy atom. The van der Waals surface area contributed by atoms with Crippen molar-refractivity contribution in [3.8, 4) is 0 Å². The maximum Gasteiger partial charge on any atom is 0.202 e. The number of nitrogens with zero attached hydrogens (tertiary/aromatic N) is 2. The zero-order valence-corrected chi connectivity index (χ0v) is 9.44. The van der Waals surface area contributed by atoms with Gasteiger partial charge < -0.3 is 5.32 Å². The molecule has 1 heterocycles. The van der Waals surface area contributed by atoms with Gasteiger partial charge in [0.25, 0.3) is 0 Å². The zero-order valence-electron chi connectivity index (χ0n) is 8.62. The lowest BCUT2D eigenvalue weighted by molar-refractivity contribution is 0.233. The molecular weight excluding hydrogens is 194 g/mol. The number of hydrogen-bond donors (Lipinski definition) is 1. The molecule has 0 aromatic carbocycles. The van der Waals surface area contributed by atoms with E-state index in [2.05, 4.69) is 21.6 Å². The van der Waals surface area contributed by atoms with E-state index in [1.54, 1.807) is 6.33 Å². The second kappa shape index (κ2) is 4.26. The van der Waals surface area contributed by atoms with Crippen molar-refractivity contribution < 1.29 is 0 Å². The van der Waals surface area contributed by atoms with Crippen LogP contribution in [-0.2, 0) is 0 Å². The molecule has 0 unspecified atom stereocenters. The normalized spacial score (nSPS) is 20.6. The maximum absolute atomic E-state index is 4.13. The second-order valence-corrected chi connectivity index (χ2v) is 5.25. The molecule has 0 spiro atoms. The molecule has 3 nitrogen and oxygen atoms in total. The van der Waals surface area contributed by atoms with Crippen molar-refractivity contribution in [3.63, 3.8) is 0 Å². The predicted octanol–water partition coefficient (Wildman–Crippen LogP) is 2.92. The lowest BCUT2D eigenvalue weighted by Gasteiger charge is -2.33. The van der Waals surface area contributed by atoms with E-state index in [-0.39, 0.29) is 0 Å². The highest BCUT2D eigenvalue weighted by molar-refractivity contribution is 7.09. The molecule has 0 bridgehead atoms. The predicted molar refractivity (Wildman–Crippen MR) is 59.6 cm³/mol. The zero-order chi connectivity index (χ0) is 9.86. The van der Waals surface area contributed by atoms with E-state index in [0.717, 1.165) is 11.7 Å². The summed E-state index contributed by atoms with van der Waals surface area (Å²) in [5, 5.41) is 4.34. The number of rotatable bonds is 3. The molecule has 1 aliphatic rings. The smallest absolute Gasteiger partial charge is 0.202 e. The number of nitrogens with one attached hydrogen (secondary N) is 1. The summed E-state index contributed by atoms with van der Waals surface area (Å²) < 4.78 is 3.98. The van der Waals surface area contributed by atoms with Crippen LogP contribution in [0.3, 0.4) is 0 Å². The molecule has 0 amide bonds. The maximum atomic E-state index is 4.13. The monoisotopic (exact) mass is 211 g/mol. The van der Waals surface area contributed by atoms with Crippen molar-refractivity contribution in [2.45, 2.75) is 39.0 Å². The molecule has 78 valence electrons. The molecule has 14 heavy (non-hydrogen) atoms. The van der Waals surface area contributed by atoms with Gasteiger partial charge in [0.1, 0.15) is 6.33 Å². The Morgan fingerprint density at radius 1 is 1.43 bits per heavy atom. The average Bonchev–Trinajstić information content (AvgIpc) is 2.69. The molecule has 1 saturated carbocycles. The molecule has 1 aromatic rings. The third-order valence-corrected chi connectivity index (χ3v) is 3.71. The first-order valence-electron chi connectivity index (χ1n) is 5.29. The van der Waals surface area contributed by atoms with Gasteiger partial charge in [0.15, 0.2) is 0 Å². The van der Waals surface area contributed by atoms with Crippen LogP contribution >= 0.6 is 11.5 Å². The standard InChI is InChI=1S/C10H17N3S/c1-10(5-3-2-4-6-10)7-11-9-12-8-13-14-9/h8H,2-7H2,1H3,(H,11,12,13). The molecule has 0 saturated heterocycles. The molecule has 1 fully saturated rings. The Morgan fingerprint density at radius 2 is 2.21 bits per heavy atom. The number of hydrogen-bond acceptors (Lipinski definition) is 4. The molecule has 0 atom stereocenters. The Labute approximate surface area is 89.1 Å². The van der Waals surface area contributed by atoms with Crippen molar-refractivity contribution in [2.75, 3.05) is 11.9 Å². The minimum Gasteiger partial charge on any atom is -0.360 e. The third kappa shape index (κ3) is 2.44. The molecule has 2 rings (SSSR count). The van der Waals surface area contributed by atoms with Gasteiger partial charge in [0.05, 0.1) is 0 Å². The van der Waals surface area contributed by atoms with Gasteiger partial charge in [-0.2, -0.15) is 4.37 Å². The first kappa shape index (κ1) is 9.90. The summed E-state index contributed by atoms with van der Waals surface area (Å²) >= 11 is 1.44. The van der Waals surface area contributed by atoms with Crippen molar-refractivity contribution in [3.05, 3.63) is 6.33 Å². The van der Waals surface area contributed by atoms with E-state index < -0.39 is 0 Å². The topological polar surface area (TPSA) is 37.8 Å². The quantitative estimate of drug-likeness (QED) is 0.835. The van der Waals surface area contributed by atoms with Gasteiger partial charge in [0, 0.05) is 18.1 Å². The van der Waals surface area contributed by atoms with E-state index in [9.17, 15) is 0 Å². The average molecular weight is 211 g/mol. The minimum atomic E-state index is 0.476. The van der Waals surface area contributed by atoms with E-state index in [1.165, 1.54) is 43.6 Å². The SMILES string of the molecule is CC1(CNc2ncns2)CCCCC1. The highest BCUT2D eigenvalue weighted by Gasteiger charge is 2.26. The van der Waals surface area contributed by atoms with E-state index in [4.69, 9.17) is 0 Å². The van der Waals surface area contributed by atoms with Crippen LogP contribution in [0.15, 0.2) is 6.33 Å². The van der Waals surface area contributed by atoms with Crippen LogP contribution in [0, 0.1) is 5.41 Å². The van der Waals surface area contributed by atoms with E-state index in [0.29, 0.717) is 5.41 Å². The van der Waals surface area contributed by atoms with Crippen LogP contribution in [0.2, 0.25) is 0 Å². The Bertz CT molecular complexity index is 265. The van der Waals surface area contributed by atoms with Gasteiger partial charge >= 0.3 is 0 Å². The van der Waals surface area contributed by atoms with E-state index >= 15 is 0 Å². The van der Waals surface area contributed by atoms with Crippen LogP contribution in [0.25, 0.3) is 0 Å². The summed E-state index contributed by atoms with van der Waals surface area (Å²) in [5.74, 6) is 0. The van der Waals surface area contributed by atoms with Crippen LogP contribution in [0.4, 0.5) is 5.13 Å². The van der Waals surface area contributed by atoms with Gasteiger partial charge in [-0.15, -0.1) is 0 Å². The fourth-order valence-corrected chi connectivity index (χ4v) is 2.55. The molecular formula is C10H17N3S. The lowest BCUT2D eigenvalue weighted by atomic mass is 9.76. The van der Waals surface area contributed by atoms with Crippen molar-refractivity contribution in [1.82, 2.24) is 9.36 Å². The van der Waals surface area contributed by atoms with E-state index in [1.807, 2.05) is 0 Å². The van der Waals surface area contributed by atoms with Gasteiger partial charge in [-0.1, -0.05) is 26.2 Å². The molecule has 0 aliphatic heterocycles. The summed E-state index contributed by atoms with van der Waals surface area (Å²) in [6.45, 7) is 3.42. The first-order valence-corrected chi connectivity index (χ1v) is 6.06. The summed E-state index contributed by atoms with van der Waals surface area (Å²) in [4.78, 5) is 4.13. The molecule has 0 radical (unpaired) electrons. The summed E-state index contributed by atoms with van der Waals surface area (Å²) in [5.41, 5.74) is 0.476. The second-order valence-electron chi connectivity index (χ2n) is 4.47.